The van der Waals surface area contributed by atoms with Gasteiger partial charge in [-0.15, -0.1) is 0 Å². The highest BCUT2D eigenvalue weighted by Gasteiger charge is 2.46. The van der Waals surface area contributed by atoms with Gasteiger partial charge in [0.25, 0.3) is 0 Å². The van der Waals surface area contributed by atoms with Gasteiger partial charge >= 0.3 is 0 Å². The molecule has 3 rings (SSSR count). The van der Waals surface area contributed by atoms with E-state index in [1.165, 1.54) is 19.4 Å². The van der Waals surface area contributed by atoms with Crippen LogP contribution in [0.5, 0.6) is 0 Å². The minimum Gasteiger partial charge on any atom is -0.337 e. The van der Waals surface area contributed by atoms with Crippen molar-refractivity contribution in [3.63, 3.8) is 0 Å². The summed E-state index contributed by atoms with van der Waals surface area (Å²) in [6, 6.07) is 1.01. The zero-order valence-corrected chi connectivity index (χ0v) is 13.0. The minimum absolute atomic E-state index is 0.107. The molecule has 3 heterocycles. The van der Waals surface area contributed by atoms with Crippen LogP contribution < -0.4 is 5.32 Å². The Morgan fingerprint density at radius 1 is 1.40 bits per heavy atom. The quantitative estimate of drug-likeness (QED) is 0.849. The third-order valence-electron chi connectivity index (χ3n) is 5.62. The molecule has 3 unspecified atom stereocenters. The summed E-state index contributed by atoms with van der Waals surface area (Å²) in [4.78, 5) is 18.0. The Kier molecular flexibility index (Phi) is 4.04. The first kappa shape index (κ1) is 14.3. The zero-order valence-electron chi connectivity index (χ0n) is 13.0. The Hall–Kier alpha value is -0.610. The molecule has 0 aromatic carbocycles. The van der Waals surface area contributed by atoms with E-state index in [9.17, 15) is 4.79 Å². The smallest absolute Gasteiger partial charge is 0.230 e. The molecule has 0 aromatic rings. The van der Waals surface area contributed by atoms with Crippen molar-refractivity contribution in [3.8, 4) is 0 Å². The first-order valence-corrected chi connectivity index (χ1v) is 8.42. The van der Waals surface area contributed by atoms with Gasteiger partial charge in [-0.2, -0.15) is 0 Å². The molecule has 114 valence electrons. The van der Waals surface area contributed by atoms with Crippen LogP contribution in [0.3, 0.4) is 0 Å². The average molecular weight is 279 g/mol. The van der Waals surface area contributed by atoms with Crippen molar-refractivity contribution in [1.29, 1.82) is 0 Å². The van der Waals surface area contributed by atoms with Gasteiger partial charge in [0.1, 0.15) is 0 Å². The second-order valence-corrected chi connectivity index (χ2v) is 7.05. The van der Waals surface area contributed by atoms with Crippen LogP contribution in [0.25, 0.3) is 0 Å². The molecule has 0 spiro atoms. The van der Waals surface area contributed by atoms with Gasteiger partial charge in [0.15, 0.2) is 0 Å². The van der Waals surface area contributed by atoms with Crippen LogP contribution in [0.4, 0.5) is 0 Å². The van der Waals surface area contributed by atoms with Crippen molar-refractivity contribution in [2.24, 2.45) is 5.41 Å². The van der Waals surface area contributed by atoms with Crippen molar-refractivity contribution in [3.05, 3.63) is 0 Å². The van der Waals surface area contributed by atoms with Crippen molar-refractivity contribution >= 4 is 5.91 Å². The molecular weight excluding hydrogens is 250 g/mol. The Balaban J connectivity index is 1.75. The van der Waals surface area contributed by atoms with Crippen molar-refractivity contribution < 1.29 is 4.79 Å². The molecule has 0 aliphatic carbocycles. The number of nitrogens with one attached hydrogen (secondary N) is 1. The molecule has 3 aliphatic heterocycles. The molecule has 3 saturated heterocycles. The first-order chi connectivity index (χ1) is 9.66. The monoisotopic (exact) mass is 279 g/mol. The van der Waals surface area contributed by atoms with Crippen molar-refractivity contribution in [2.45, 2.75) is 58.0 Å². The average Bonchev–Trinajstić information content (AvgIpc) is 3.06. The maximum atomic E-state index is 13.2. The SMILES string of the molecule is CCCC1(C(=O)N2CC3CCCN3CC2C)CCNC1. The van der Waals surface area contributed by atoms with E-state index in [4.69, 9.17) is 0 Å². The second kappa shape index (κ2) is 5.64. The van der Waals surface area contributed by atoms with E-state index in [-0.39, 0.29) is 5.41 Å². The summed E-state index contributed by atoms with van der Waals surface area (Å²) in [5.74, 6) is 0.434. The van der Waals surface area contributed by atoms with Crippen LogP contribution in [0.15, 0.2) is 0 Å². The number of nitrogens with zero attached hydrogens (tertiary/aromatic N) is 2. The van der Waals surface area contributed by atoms with Crippen LogP contribution in [0.2, 0.25) is 0 Å². The zero-order chi connectivity index (χ0) is 14.2. The summed E-state index contributed by atoms with van der Waals surface area (Å²) >= 11 is 0. The van der Waals surface area contributed by atoms with E-state index in [0.717, 1.165) is 45.4 Å². The van der Waals surface area contributed by atoms with E-state index < -0.39 is 0 Å². The minimum atomic E-state index is -0.107. The molecule has 1 amide bonds. The number of hydrogen-bond donors (Lipinski definition) is 1. The van der Waals surface area contributed by atoms with E-state index in [1.54, 1.807) is 0 Å². The number of carbonyl (C=O) groups excluding carboxylic acids is 1. The fraction of sp³-hybridized carbons (Fsp3) is 0.938. The lowest BCUT2D eigenvalue weighted by Crippen LogP contribution is -2.60. The summed E-state index contributed by atoms with van der Waals surface area (Å²) in [6.07, 6.45) is 5.75. The lowest BCUT2D eigenvalue weighted by Gasteiger charge is -2.45. The van der Waals surface area contributed by atoms with Gasteiger partial charge in [-0.3, -0.25) is 9.69 Å². The number of carbonyl (C=O) groups is 1. The molecule has 0 bridgehead atoms. The number of piperazine rings is 1. The molecule has 4 heteroatoms. The van der Waals surface area contributed by atoms with Crippen LogP contribution >= 0.6 is 0 Å². The lowest BCUT2D eigenvalue weighted by molar-refractivity contribution is -0.147. The van der Waals surface area contributed by atoms with Gasteiger partial charge in [-0.25, -0.2) is 0 Å². The van der Waals surface area contributed by atoms with Gasteiger partial charge in [0.2, 0.25) is 5.91 Å². The molecule has 3 fully saturated rings. The molecular formula is C16H29N3O. The highest BCUT2D eigenvalue weighted by atomic mass is 16.2. The van der Waals surface area contributed by atoms with E-state index in [1.807, 2.05) is 0 Å². The molecule has 20 heavy (non-hydrogen) atoms. The second-order valence-electron chi connectivity index (χ2n) is 7.05. The molecule has 3 atom stereocenters. The van der Waals surface area contributed by atoms with Gasteiger partial charge in [-0.05, 0) is 45.7 Å². The summed E-state index contributed by atoms with van der Waals surface area (Å²) in [6.45, 7) is 9.59. The van der Waals surface area contributed by atoms with Gasteiger partial charge in [0.05, 0.1) is 5.41 Å². The van der Waals surface area contributed by atoms with Gasteiger partial charge < -0.3 is 10.2 Å². The fourth-order valence-corrected chi connectivity index (χ4v) is 4.50. The van der Waals surface area contributed by atoms with Crippen LogP contribution in [0, 0.1) is 5.41 Å². The van der Waals surface area contributed by atoms with Gasteiger partial charge in [-0.1, -0.05) is 13.3 Å². The Labute approximate surface area is 122 Å². The van der Waals surface area contributed by atoms with Crippen LogP contribution in [0.1, 0.15) is 46.0 Å². The number of amides is 1. The standard InChI is InChI=1S/C16H29N3O/c1-3-6-16(7-8-17-12-16)15(20)19-11-14-5-4-9-18(14)10-13(19)2/h13-14,17H,3-12H2,1-2H3. The van der Waals surface area contributed by atoms with E-state index >= 15 is 0 Å². The summed E-state index contributed by atoms with van der Waals surface area (Å²) in [7, 11) is 0. The van der Waals surface area contributed by atoms with Crippen LogP contribution in [-0.4, -0.2) is 60.5 Å². The normalized spacial score (nSPS) is 38.2. The third kappa shape index (κ3) is 2.37. The number of fused-ring (bicyclic) bond motifs is 1. The maximum Gasteiger partial charge on any atom is 0.230 e. The van der Waals surface area contributed by atoms with E-state index in [0.29, 0.717) is 18.0 Å². The third-order valence-corrected chi connectivity index (χ3v) is 5.62. The van der Waals surface area contributed by atoms with Crippen molar-refractivity contribution in [2.75, 3.05) is 32.7 Å². The fourth-order valence-electron chi connectivity index (χ4n) is 4.50. The Bertz CT molecular complexity index is 365. The molecule has 0 saturated carbocycles. The highest BCUT2D eigenvalue weighted by molar-refractivity contribution is 5.84. The summed E-state index contributed by atoms with van der Waals surface area (Å²) in [5.41, 5.74) is -0.107. The summed E-state index contributed by atoms with van der Waals surface area (Å²) in [5, 5.41) is 3.42. The van der Waals surface area contributed by atoms with Gasteiger partial charge in [0, 0.05) is 31.7 Å². The van der Waals surface area contributed by atoms with E-state index in [2.05, 4.69) is 29.0 Å². The predicted octanol–water partition coefficient (Wildman–Crippen LogP) is 1.46. The number of rotatable bonds is 3. The van der Waals surface area contributed by atoms with Crippen molar-refractivity contribution in [1.82, 2.24) is 15.1 Å². The topological polar surface area (TPSA) is 35.6 Å². The predicted molar refractivity (Wildman–Crippen MR) is 80.6 cm³/mol. The first-order valence-electron chi connectivity index (χ1n) is 8.42. The number of hydrogen-bond acceptors (Lipinski definition) is 3. The Morgan fingerprint density at radius 3 is 2.95 bits per heavy atom. The molecule has 0 aromatic heterocycles. The highest BCUT2D eigenvalue weighted by Crippen LogP contribution is 2.36. The molecule has 3 aliphatic rings. The molecule has 1 N–H and O–H groups in total. The summed E-state index contributed by atoms with van der Waals surface area (Å²) < 4.78 is 0. The molecule has 0 radical (unpaired) electrons. The van der Waals surface area contributed by atoms with Crippen LogP contribution in [-0.2, 0) is 4.79 Å². The largest absolute Gasteiger partial charge is 0.337 e. The lowest BCUT2D eigenvalue weighted by atomic mass is 9.80. The maximum absolute atomic E-state index is 13.2. The molecule has 4 nitrogen and oxygen atoms in total. The Morgan fingerprint density at radius 2 is 2.25 bits per heavy atom.